The maximum absolute atomic E-state index is 13.1. The lowest BCUT2D eigenvalue weighted by atomic mass is 9.99. The SMILES string of the molecule is COC(=O)c1nc(OC)ccc1NC(=O)c1ccc(Cn2ccnn2)c2ccccc12. The number of esters is 1. The molecular weight excluding hydrogens is 398 g/mol. The van der Waals surface area contributed by atoms with Crippen LogP contribution in [-0.2, 0) is 11.3 Å². The first kappa shape index (κ1) is 20.0. The number of carbonyl (C=O) groups is 2. The van der Waals surface area contributed by atoms with Gasteiger partial charge in [-0.25, -0.2) is 14.5 Å². The first-order chi connectivity index (χ1) is 15.1. The lowest BCUT2D eigenvalue weighted by Gasteiger charge is -2.13. The first-order valence-electron chi connectivity index (χ1n) is 9.40. The van der Waals surface area contributed by atoms with Gasteiger partial charge in [0, 0.05) is 17.8 Å². The summed E-state index contributed by atoms with van der Waals surface area (Å²) < 4.78 is 11.6. The zero-order valence-corrected chi connectivity index (χ0v) is 16.9. The van der Waals surface area contributed by atoms with Crippen molar-refractivity contribution in [2.24, 2.45) is 0 Å². The fourth-order valence-electron chi connectivity index (χ4n) is 3.29. The highest BCUT2D eigenvalue weighted by atomic mass is 16.5. The van der Waals surface area contributed by atoms with Crippen LogP contribution in [-0.4, -0.2) is 46.1 Å². The minimum absolute atomic E-state index is 0.0395. The highest BCUT2D eigenvalue weighted by Gasteiger charge is 2.19. The quantitative estimate of drug-likeness (QED) is 0.481. The predicted molar refractivity (Wildman–Crippen MR) is 113 cm³/mol. The van der Waals surface area contributed by atoms with Gasteiger partial charge in [0.1, 0.15) is 0 Å². The number of benzene rings is 2. The van der Waals surface area contributed by atoms with E-state index in [1.54, 1.807) is 35.3 Å². The Morgan fingerprint density at radius 2 is 1.84 bits per heavy atom. The summed E-state index contributed by atoms with van der Waals surface area (Å²) in [5.74, 6) is -0.816. The van der Waals surface area contributed by atoms with Gasteiger partial charge in [-0.15, -0.1) is 5.10 Å². The van der Waals surface area contributed by atoms with Crippen LogP contribution >= 0.6 is 0 Å². The normalized spacial score (nSPS) is 10.6. The molecule has 4 aromatic rings. The molecule has 9 nitrogen and oxygen atoms in total. The summed E-state index contributed by atoms with van der Waals surface area (Å²) in [6.07, 6.45) is 3.40. The number of pyridine rings is 1. The fraction of sp³-hybridized carbons (Fsp3) is 0.136. The molecule has 0 spiro atoms. The van der Waals surface area contributed by atoms with Crippen molar-refractivity contribution in [3.05, 3.63) is 77.7 Å². The standard InChI is InChI=1S/C22H19N5O4/c1-30-19-10-9-18(20(25-19)22(29)31-2)24-21(28)17-8-7-14(13-27-12-11-23-26-27)15-5-3-4-6-16(15)17/h3-12H,13H2,1-2H3,(H,24,28). The van der Waals surface area contributed by atoms with Crippen molar-refractivity contribution in [1.29, 1.82) is 0 Å². The molecule has 2 aromatic heterocycles. The molecule has 0 aliphatic carbocycles. The van der Waals surface area contributed by atoms with Crippen LogP contribution in [0.5, 0.6) is 5.88 Å². The van der Waals surface area contributed by atoms with Gasteiger partial charge in [0.15, 0.2) is 5.69 Å². The lowest BCUT2D eigenvalue weighted by Crippen LogP contribution is -2.17. The molecule has 0 atom stereocenters. The van der Waals surface area contributed by atoms with Crippen LogP contribution in [0.2, 0.25) is 0 Å². The summed E-state index contributed by atoms with van der Waals surface area (Å²) in [6, 6.07) is 14.4. The maximum atomic E-state index is 13.1. The third-order valence-corrected chi connectivity index (χ3v) is 4.77. The van der Waals surface area contributed by atoms with Gasteiger partial charge in [-0.05, 0) is 28.5 Å². The van der Waals surface area contributed by atoms with Crippen LogP contribution in [0.3, 0.4) is 0 Å². The van der Waals surface area contributed by atoms with E-state index in [1.165, 1.54) is 14.2 Å². The molecule has 1 N–H and O–H groups in total. The summed E-state index contributed by atoms with van der Waals surface area (Å²) in [6.45, 7) is 0.525. The summed E-state index contributed by atoms with van der Waals surface area (Å²) in [4.78, 5) is 29.3. The second-order valence-electron chi connectivity index (χ2n) is 6.61. The molecule has 0 aliphatic heterocycles. The summed E-state index contributed by atoms with van der Waals surface area (Å²) in [5, 5.41) is 12.3. The molecule has 9 heteroatoms. The molecule has 0 saturated carbocycles. The molecule has 0 bridgehead atoms. The van der Waals surface area contributed by atoms with E-state index in [4.69, 9.17) is 9.47 Å². The Kier molecular flexibility index (Phi) is 5.57. The molecule has 0 radical (unpaired) electrons. The Bertz CT molecular complexity index is 1250. The second kappa shape index (κ2) is 8.62. The number of carbonyl (C=O) groups excluding carboxylic acids is 2. The van der Waals surface area contributed by atoms with Crippen LogP contribution in [0.4, 0.5) is 5.69 Å². The van der Waals surface area contributed by atoms with E-state index >= 15 is 0 Å². The van der Waals surface area contributed by atoms with Gasteiger partial charge in [-0.1, -0.05) is 35.5 Å². The molecule has 2 heterocycles. The number of nitrogens with zero attached hydrogens (tertiary/aromatic N) is 4. The van der Waals surface area contributed by atoms with Crippen molar-refractivity contribution in [2.45, 2.75) is 6.54 Å². The molecule has 156 valence electrons. The van der Waals surface area contributed by atoms with Gasteiger partial charge < -0.3 is 14.8 Å². The Morgan fingerprint density at radius 3 is 2.55 bits per heavy atom. The van der Waals surface area contributed by atoms with Gasteiger partial charge in [0.25, 0.3) is 5.91 Å². The minimum Gasteiger partial charge on any atom is -0.481 e. The number of aromatic nitrogens is 4. The van der Waals surface area contributed by atoms with Crippen LogP contribution in [0, 0.1) is 0 Å². The van der Waals surface area contributed by atoms with E-state index in [0.717, 1.165) is 16.3 Å². The highest BCUT2D eigenvalue weighted by Crippen LogP contribution is 2.26. The number of rotatable bonds is 6. The number of hydrogen-bond acceptors (Lipinski definition) is 7. The van der Waals surface area contributed by atoms with Crippen LogP contribution < -0.4 is 10.1 Å². The number of nitrogens with one attached hydrogen (secondary N) is 1. The Labute approximate surface area is 177 Å². The molecule has 31 heavy (non-hydrogen) atoms. The molecule has 0 fully saturated rings. The van der Waals surface area contributed by atoms with Crippen molar-refractivity contribution in [1.82, 2.24) is 20.0 Å². The van der Waals surface area contributed by atoms with Gasteiger partial charge in [-0.3, -0.25) is 4.79 Å². The number of methoxy groups -OCH3 is 2. The van der Waals surface area contributed by atoms with E-state index in [1.807, 2.05) is 30.3 Å². The molecule has 2 aromatic carbocycles. The van der Waals surface area contributed by atoms with Gasteiger partial charge >= 0.3 is 5.97 Å². The third-order valence-electron chi connectivity index (χ3n) is 4.77. The Morgan fingerprint density at radius 1 is 1.03 bits per heavy atom. The molecule has 4 rings (SSSR count). The second-order valence-corrected chi connectivity index (χ2v) is 6.61. The molecule has 0 saturated heterocycles. The van der Waals surface area contributed by atoms with Crippen molar-refractivity contribution in [2.75, 3.05) is 19.5 Å². The van der Waals surface area contributed by atoms with Gasteiger partial charge in [0.05, 0.1) is 32.6 Å². The largest absolute Gasteiger partial charge is 0.481 e. The monoisotopic (exact) mass is 417 g/mol. The number of anilines is 1. The molecule has 0 aliphatic rings. The first-order valence-corrected chi connectivity index (χ1v) is 9.40. The predicted octanol–water partition coefficient (Wildman–Crippen LogP) is 2.92. The zero-order chi connectivity index (χ0) is 21.8. The lowest BCUT2D eigenvalue weighted by molar-refractivity contribution is 0.0594. The van der Waals surface area contributed by atoms with Crippen LogP contribution in [0.15, 0.2) is 60.9 Å². The van der Waals surface area contributed by atoms with Crippen LogP contribution in [0.1, 0.15) is 26.4 Å². The van der Waals surface area contributed by atoms with E-state index in [0.29, 0.717) is 12.1 Å². The summed E-state index contributed by atoms with van der Waals surface area (Å²) in [5.41, 5.74) is 1.65. The fourth-order valence-corrected chi connectivity index (χ4v) is 3.29. The van der Waals surface area contributed by atoms with E-state index in [9.17, 15) is 9.59 Å². The van der Waals surface area contributed by atoms with E-state index in [2.05, 4.69) is 20.6 Å². The Balaban J connectivity index is 1.70. The third kappa shape index (κ3) is 4.06. The van der Waals surface area contributed by atoms with Crippen molar-refractivity contribution in [3.8, 4) is 5.88 Å². The van der Waals surface area contributed by atoms with Gasteiger partial charge in [-0.2, -0.15) is 0 Å². The average molecular weight is 417 g/mol. The van der Waals surface area contributed by atoms with Crippen molar-refractivity contribution >= 4 is 28.3 Å². The molecule has 1 amide bonds. The minimum atomic E-state index is -0.678. The number of amides is 1. The molecular formula is C22H19N5O4. The zero-order valence-electron chi connectivity index (χ0n) is 16.9. The summed E-state index contributed by atoms with van der Waals surface area (Å²) in [7, 11) is 2.69. The van der Waals surface area contributed by atoms with Crippen molar-refractivity contribution < 1.29 is 19.1 Å². The highest BCUT2D eigenvalue weighted by molar-refractivity contribution is 6.14. The Hall–Kier alpha value is -4.27. The topological polar surface area (TPSA) is 108 Å². The number of ether oxygens (including phenoxy) is 2. The average Bonchev–Trinajstić information content (AvgIpc) is 3.32. The van der Waals surface area contributed by atoms with Crippen LogP contribution in [0.25, 0.3) is 10.8 Å². The van der Waals surface area contributed by atoms with E-state index in [-0.39, 0.29) is 23.2 Å². The number of hydrogen-bond donors (Lipinski definition) is 1. The smallest absolute Gasteiger partial charge is 0.358 e. The van der Waals surface area contributed by atoms with E-state index < -0.39 is 5.97 Å². The van der Waals surface area contributed by atoms with Crippen molar-refractivity contribution in [3.63, 3.8) is 0 Å². The van der Waals surface area contributed by atoms with Gasteiger partial charge in [0.2, 0.25) is 5.88 Å². The maximum Gasteiger partial charge on any atom is 0.358 e. The number of fused-ring (bicyclic) bond motifs is 1. The molecule has 0 unspecified atom stereocenters. The summed E-state index contributed by atoms with van der Waals surface area (Å²) >= 11 is 0.